The van der Waals surface area contributed by atoms with Crippen molar-refractivity contribution in [2.45, 2.75) is 143 Å². The fraction of sp³-hybridized carbons (Fsp3) is 0.696. The smallest absolute Gasteiger partial charge is 0.410 e. The molecule has 2 N–H and O–H groups in total. The summed E-state index contributed by atoms with van der Waals surface area (Å²) >= 11 is 12.6. The van der Waals surface area contributed by atoms with Gasteiger partial charge in [0.2, 0.25) is 0 Å². The van der Waals surface area contributed by atoms with Crippen LogP contribution >= 0.6 is 23.2 Å². The summed E-state index contributed by atoms with van der Waals surface area (Å²) in [5.41, 5.74) is 0.0719. The van der Waals surface area contributed by atoms with Gasteiger partial charge >= 0.3 is 12.2 Å². The normalized spacial score (nSPS) is 25.4. The van der Waals surface area contributed by atoms with Gasteiger partial charge < -0.3 is 48.4 Å². The first-order chi connectivity index (χ1) is 27.8. The Morgan fingerprint density at radius 1 is 0.717 bits per heavy atom. The predicted octanol–water partition coefficient (Wildman–Crippen LogP) is 9.65. The van der Waals surface area contributed by atoms with Crippen LogP contribution in [0.1, 0.15) is 106 Å². The van der Waals surface area contributed by atoms with Gasteiger partial charge in [-0.1, -0.05) is 47.5 Å². The lowest BCUT2D eigenvalue weighted by atomic mass is 10.0. The number of hydrogen-bond acceptors (Lipinski definition) is 10. The van der Waals surface area contributed by atoms with E-state index in [1.165, 1.54) is 0 Å². The van der Waals surface area contributed by atoms with E-state index in [0.717, 1.165) is 69.6 Å². The number of nitrogens with zero attached hydrogens (tertiary/aromatic N) is 2. The van der Waals surface area contributed by atoms with E-state index in [-0.39, 0.29) is 42.4 Å². The second-order valence-electron chi connectivity index (χ2n) is 20.2. The van der Waals surface area contributed by atoms with Crippen molar-refractivity contribution in [3.63, 3.8) is 0 Å². The molecule has 2 aliphatic carbocycles. The number of phenols is 1. The van der Waals surface area contributed by atoms with E-state index in [2.05, 4.69) is 13.8 Å². The topological polar surface area (TPSA) is 140 Å². The van der Waals surface area contributed by atoms with Crippen LogP contribution in [0.4, 0.5) is 9.59 Å². The molecule has 3 aliphatic heterocycles. The van der Waals surface area contributed by atoms with Gasteiger partial charge in [0, 0.05) is 37.3 Å². The number of phenolic OH excluding ortho intramolecular Hbond substituents is 1. The van der Waals surface area contributed by atoms with E-state index in [1.54, 1.807) is 32.0 Å². The number of halogens is 2. The zero-order valence-corrected chi connectivity index (χ0v) is 38.7. The Bertz CT molecular complexity index is 1740. The summed E-state index contributed by atoms with van der Waals surface area (Å²) in [5.74, 6) is 2.49. The number of aromatic hydroxyl groups is 1. The van der Waals surface area contributed by atoms with Gasteiger partial charge in [0.25, 0.3) is 0 Å². The Morgan fingerprint density at radius 2 is 1.10 bits per heavy atom. The predicted molar refractivity (Wildman–Crippen MR) is 232 cm³/mol. The molecule has 60 heavy (non-hydrogen) atoms. The average molecular weight is 880 g/mol. The molecule has 2 unspecified atom stereocenters. The van der Waals surface area contributed by atoms with Crippen LogP contribution in [0.3, 0.4) is 0 Å². The van der Waals surface area contributed by atoms with Crippen LogP contribution < -0.4 is 4.74 Å². The molecule has 2 saturated carbocycles. The van der Waals surface area contributed by atoms with Gasteiger partial charge in [-0.2, -0.15) is 0 Å². The number of carbonyl (C=O) groups excluding carboxylic acids is 2. The van der Waals surface area contributed by atoms with Gasteiger partial charge in [0.1, 0.15) is 29.3 Å². The van der Waals surface area contributed by atoms with E-state index < -0.39 is 16.8 Å². The second kappa shape index (κ2) is 19.6. The molecule has 0 radical (unpaired) electrons. The number of amides is 2. The number of rotatable bonds is 9. The van der Waals surface area contributed by atoms with Crippen molar-refractivity contribution in [2.75, 3.05) is 39.4 Å². The third kappa shape index (κ3) is 14.8. The molecule has 5 aliphatic rings. The Kier molecular flexibility index (Phi) is 15.7. The molecule has 7 rings (SSSR count). The van der Waals surface area contributed by atoms with Crippen molar-refractivity contribution < 1.29 is 48.2 Å². The van der Waals surface area contributed by atoms with Crippen LogP contribution in [0.15, 0.2) is 36.4 Å². The highest BCUT2D eigenvalue weighted by Gasteiger charge is 2.45. The highest BCUT2D eigenvalue weighted by molar-refractivity contribution is 6.33. The average Bonchev–Trinajstić information content (AvgIpc) is 3.54. The maximum atomic E-state index is 12.3. The Hall–Kier alpha value is -3.00. The van der Waals surface area contributed by atoms with E-state index >= 15 is 0 Å². The van der Waals surface area contributed by atoms with Crippen LogP contribution in [-0.4, -0.2) is 106 Å². The Labute approximate surface area is 367 Å². The minimum atomic E-state index is -0.926. The van der Waals surface area contributed by atoms with Gasteiger partial charge in [-0.25, -0.2) is 9.59 Å². The van der Waals surface area contributed by atoms with Crippen LogP contribution in [0.5, 0.6) is 11.5 Å². The number of epoxide rings is 1. The summed E-state index contributed by atoms with van der Waals surface area (Å²) in [6.45, 7) is 23.7. The minimum Gasteiger partial charge on any atom is -0.506 e. The lowest BCUT2D eigenvalue weighted by Gasteiger charge is -2.25. The van der Waals surface area contributed by atoms with E-state index in [4.69, 9.17) is 51.6 Å². The van der Waals surface area contributed by atoms with Crippen molar-refractivity contribution >= 4 is 35.4 Å². The fourth-order valence-electron chi connectivity index (χ4n) is 7.98. The molecule has 6 atom stereocenters. The molecule has 336 valence electrons. The quantitative estimate of drug-likeness (QED) is 0.234. The Balaban J connectivity index is 0.000000206. The largest absolute Gasteiger partial charge is 0.506 e. The highest BCUT2D eigenvalue weighted by atomic mass is 35.5. The number of aliphatic hydroxyl groups is 1. The van der Waals surface area contributed by atoms with Gasteiger partial charge in [-0.15, -0.1) is 0 Å². The van der Waals surface area contributed by atoms with Gasteiger partial charge in [0.15, 0.2) is 0 Å². The molecular weight excluding hydrogens is 811 g/mol. The minimum absolute atomic E-state index is 0.0825. The van der Waals surface area contributed by atoms with Crippen molar-refractivity contribution in [1.29, 1.82) is 0 Å². The zero-order chi connectivity index (χ0) is 44.2. The van der Waals surface area contributed by atoms with E-state index in [1.807, 2.05) is 69.5 Å². The van der Waals surface area contributed by atoms with Gasteiger partial charge in [-0.05, 0) is 131 Å². The van der Waals surface area contributed by atoms with E-state index in [0.29, 0.717) is 52.7 Å². The molecule has 2 aromatic carbocycles. The third-order valence-corrected chi connectivity index (χ3v) is 11.9. The van der Waals surface area contributed by atoms with Crippen molar-refractivity contribution in [2.24, 2.45) is 23.7 Å². The van der Waals surface area contributed by atoms with Crippen LogP contribution in [0.2, 0.25) is 10.0 Å². The number of likely N-dealkylation sites (tertiary alicyclic amines) is 2. The third-order valence-electron chi connectivity index (χ3n) is 11.1. The monoisotopic (exact) mass is 878 g/mol. The molecule has 2 amide bonds. The molecule has 12 nitrogen and oxygen atoms in total. The lowest BCUT2D eigenvalue weighted by Crippen LogP contribution is -2.36. The maximum Gasteiger partial charge on any atom is 0.410 e. The number of fused-ring (bicyclic) bond motifs is 2. The zero-order valence-electron chi connectivity index (χ0n) is 37.2. The first kappa shape index (κ1) is 48.0. The summed E-state index contributed by atoms with van der Waals surface area (Å²) in [7, 11) is 0. The fourth-order valence-corrected chi connectivity index (χ4v) is 8.40. The highest BCUT2D eigenvalue weighted by Crippen LogP contribution is 2.42. The second-order valence-corrected chi connectivity index (χ2v) is 21.0. The molecule has 0 bridgehead atoms. The maximum absolute atomic E-state index is 12.3. The number of ether oxygens (including phenoxy) is 6. The first-order valence-corrected chi connectivity index (χ1v) is 22.0. The molecule has 14 heteroatoms. The Morgan fingerprint density at radius 3 is 1.47 bits per heavy atom. The van der Waals surface area contributed by atoms with Crippen molar-refractivity contribution in [1.82, 2.24) is 9.80 Å². The number of hydrogen-bond donors (Lipinski definition) is 2. The summed E-state index contributed by atoms with van der Waals surface area (Å²) < 4.78 is 33.7. The molecule has 2 aromatic rings. The number of carbonyl (C=O) groups is 2. The standard InChI is InChI=1S/C23H34ClNO5.C19H26ClNO4.C4H8O/c1-22(2,3)30-21(26)25-11-16-9-18(10-17(16)12-25)28-13-15-7-6-8-19(20(15)24)29-14-23(4,5)27;1-19(2,3)25-18(23)21-9-13-7-15(8-14(13)10-21)24-11-12-5-4-6-16(22)17(12)20;1-4(2)3-5-4/h6-8,16-18,27H,9-14H2,1-5H3;4-6,13-15,22H,7-11H2,1-3H3;3H2,1-2H3/t16-,17+,18?;13-,14+,15?;. The molecule has 0 aromatic heterocycles. The SMILES string of the molecule is CC(C)(C)OC(=O)N1C[C@H]2CC(OCc3cccc(O)c3Cl)C[C@H]2C1.CC(C)(O)COc1cccc(COC2C[C@@H]3CN(C(=O)OC(C)(C)C)C[C@@H]3C2)c1Cl.CC1(C)CO1. The summed E-state index contributed by atoms with van der Waals surface area (Å²) in [6.07, 6.45) is 3.68. The number of benzene rings is 2. The van der Waals surface area contributed by atoms with Crippen molar-refractivity contribution in [3.8, 4) is 11.5 Å². The van der Waals surface area contributed by atoms with Gasteiger partial charge in [-0.3, -0.25) is 0 Å². The summed E-state index contributed by atoms with van der Waals surface area (Å²) in [4.78, 5) is 28.1. The van der Waals surface area contributed by atoms with Crippen LogP contribution in [-0.2, 0) is 36.9 Å². The lowest BCUT2D eigenvalue weighted by molar-refractivity contribution is 0.0199. The molecule has 3 saturated heterocycles. The first-order valence-electron chi connectivity index (χ1n) is 21.3. The molecule has 5 fully saturated rings. The summed E-state index contributed by atoms with van der Waals surface area (Å²) in [6, 6.07) is 10.8. The molecular formula is C46H68Cl2N2O10. The van der Waals surface area contributed by atoms with Gasteiger partial charge in [0.05, 0.1) is 53.3 Å². The summed E-state index contributed by atoms with van der Waals surface area (Å²) in [5, 5.41) is 20.4. The molecule has 3 heterocycles. The van der Waals surface area contributed by atoms with Crippen LogP contribution in [0, 0.1) is 23.7 Å². The molecule has 0 spiro atoms. The van der Waals surface area contributed by atoms with E-state index in [9.17, 15) is 19.8 Å². The van der Waals surface area contributed by atoms with Crippen molar-refractivity contribution in [3.05, 3.63) is 57.6 Å². The van der Waals surface area contributed by atoms with Crippen LogP contribution in [0.25, 0.3) is 0 Å².